The summed E-state index contributed by atoms with van der Waals surface area (Å²) >= 11 is 0. The van der Waals surface area contributed by atoms with Gasteiger partial charge >= 0.3 is 0 Å². The van der Waals surface area contributed by atoms with Crippen LogP contribution in [0.5, 0.6) is 0 Å². The molecule has 0 radical (unpaired) electrons. The fraction of sp³-hybridized carbons (Fsp3) is 0.350. The smallest absolute Gasteiger partial charge is 0.225 e. The Morgan fingerprint density at radius 3 is 2.20 bits per heavy atom. The predicted molar refractivity (Wildman–Crippen MR) is 102 cm³/mol. The van der Waals surface area contributed by atoms with Crippen molar-refractivity contribution >= 4 is 22.4 Å². The molecule has 0 aliphatic carbocycles. The quantitative estimate of drug-likeness (QED) is 0.829. The molecular weight excluding hydrogens is 337 g/mol. The number of amides is 1. The summed E-state index contributed by atoms with van der Waals surface area (Å²) in [5, 5.41) is 2.67. The summed E-state index contributed by atoms with van der Waals surface area (Å²) in [4.78, 5) is 11.9. The molecule has 2 aromatic carbocycles. The Balaban J connectivity index is 1.80. The van der Waals surface area contributed by atoms with Crippen LogP contribution >= 0.6 is 0 Å². The molecule has 0 aromatic heterocycles. The summed E-state index contributed by atoms with van der Waals surface area (Å²) in [6, 6.07) is 13.7. The highest BCUT2D eigenvalue weighted by Crippen LogP contribution is 2.22. The van der Waals surface area contributed by atoms with Crippen LogP contribution in [0.25, 0.3) is 0 Å². The molecule has 5 heteroatoms. The summed E-state index contributed by atoms with van der Waals surface area (Å²) in [7, 11) is -1.10. The molecule has 0 fully saturated rings. The molecule has 0 aliphatic heterocycles. The van der Waals surface area contributed by atoms with Crippen molar-refractivity contribution in [1.82, 2.24) is 0 Å². The standard InChI is InChI=1S/C20H24FNO2S/c1-20(2,3)16-6-4-15(5-7-16)14-25(24)13-12-19(23)22-18-10-8-17(21)9-11-18/h4-11H,12-14H2,1-3H3,(H,22,23)/t25-/m0/s1. The lowest BCUT2D eigenvalue weighted by atomic mass is 9.87. The maximum absolute atomic E-state index is 12.8. The molecule has 2 aromatic rings. The lowest BCUT2D eigenvalue weighted by Gasteiger charge is -2.19. The molecule has 1 N–H and O–H groups in total. The third-order valence-corrected chi connectivity index (χ3v) is 5.15. The Morgan fingerprint density at radius 2 is 1.64 bits per heavy atom. The lowest BCUT2D eigenvalue weighted by molar-refractivity contribution is -0.115. The number of anilines is 1. The van der Waals surface area contributed by atoms with Crippen LogP contribution in [0.3, 0.4) is 0 Å². The number of benzene rings is 2. The van der Waals surface area contributed by atoms with Crippen molar-refractivity contribution < 1.29 is 13.4 Å². The fourth-order valence-electron chi connectivity index (χ4n) is 2.32. The van der Waals surface area contributed by atoms with E-state index in [1.807, 2.05) is 12.1 Å². The van der Waals surface area contributed by atoms with Crippen molar-refractivity contribution in [2.75, 3.05) is 11.1 Å². The highest BCUT2D eigenvalue weighted by molar-refractivity contribution is 7.84. The molecule has 0 saturated heterocycles. The SMILES string of the molecule is CC(C)(C)c1ccc(C[S@@](=O)CCC(=O)Nc2ccc(F)cc2)cc1. The first-order valence-electron chi connectivity index (χ1n) is 8.24. The van der Waals surface area contributed by atoms with Gasteiger partial charge < -0.3 is 5.32 Å². The van der Waals surface area contributed by atoms with Crippen LogP contribution in [0.1, 0.15) is 38.3 Å². The molecule has 134 valence electrons. The minimum atomic E-state index is -1.10. The molecule has 0 unspecified atom stereocenters. The fourth-order valence-corrected chi connectivity index (χ4v) is 3.44. The van der Waals surface area contributed by atoms with Gasteiger partial charge in [0.05, 0.1) is 0 Å². The average molecular weight is 361 g/mol. The van der Waals surface area contributed by atoms with Crippen LogP contribution < -0.4 is 5.32 Å². The largest absolute Gasteiger partial charge is 0.326 e. The van der Waals surface area contributed by atoms with Crippen molar-refractivity contribution in [3.63, 3.8) is 0 Å². The van der Waals surface area contributed by atoms with Gasteiger partial charge in [-0.3, -0.25) is 9.00 Å². The highest BCUT2D eigenvalue weighted by atomic mass is 32.2. The van der Waals surface area contributed by atoms with Crippen LogP contribution in [0, 0.1) is 5.82 Å². The highest BCUT2D eigenvalue weighted by Gasteiger charge is 2.13. The van der Waals surface area contributed by atoms with Gasteiger partial charge in [-0.15, -0.1) is 0 Å². The molecular formula is C20H24FNO2S. The number of nitrogens with one attached hydrogen (secondary N) is 1. The monoisotopic (exact) mass is 361 g/mol. The van der Waals surface area contributed by atoms with Crippen molar-refractivity contribution in [2.24, 2.45) is 0 Å². The second-order valence-electron chi connectivity index (χ2n) is 7.04. The van der Waals surface area contributed by atoms with Gasteiger partial charge in [-0.2, -0.15) is 0 Å². The number of hydrogen-bond acceptors (Lipinski definition) is 2. The maximum atomic E-state index is 12.8. The molecule has 0 spiro atoms. The first kappa shape index (κ1) is 19.3. The van der Waals surface area contributed by atoms with Crippen LogP contribution in [0.2, 0.25) is 0 Å². The Hall–Kier alpha value is -2.01. The summed E-state index contributed by atoms with van der Waals surface area (Å²) in [6.45, 7) is 6.46. The number of rotatable bonds is 6. The van der Waals surface area contributed by atoms with E-state index in [1.54, 1.807) is 0 Å². The van der Waals surface area contributed by atoms with E-state index in [2.05, 4.69) is 38.2 Å². The van der Waals surface area contributed by atoms with Gasteiger partial charge in [0.2, 0.25) is 5.91 Å². The average Bonchev–Trinajstić information content (AvgIpc) is 2.55. The van der Waals surface area contributed by atoms with Crippen molar-refractivity contribution in [3.8, 4) is 0 Å². The number of carbonyl (C=O) groups excluding carboxylic acids is 1. The molecule has 0 aliphatic rings. The van der Waals surface area contributed by atoms with Crippen molar-refractivity contribution in [2.45, 2.75) is 38.4 Å². The first-order valence-corrected chi connectivity index (χ1v) is 9.72. The van der Waals surface area contributed by atoms with Crippen LogP contribution in [-0.4, -0.2) is 15.9 Å². The van der Waals surface area contributed by atoms with E-state index in [1.165, 1.54) is 29.8 Å². The van der Waals surface area contributed by atoms with Gasteiger partial charge in [0.25, 0.3) is 0 Å². The molecule has 25 heavy (non-hydrogen) atoms. The van der Waals surface area contributed by atoms with E-state index in [4.69, 9.17) is 0 Å². The van der Waals surface area contributed by atoms with Crippen LogP contribution in [-0.2, 0) is 26.8 Å². The van der Waals surface area contributed by atoms with Gasteiger partial charge in [-0.25, -0.2) is 4.39 Å². The second-order valence-corrected chi connectivity index (χ2v) is 8.62. The van der Waals surface area contributed by atoms with Gasteiger partial charge in [0.1, 0.15) is 5.82 Å². The van der Waals surface area contributed by atoms with E-state index >= 15 is 0 Å². The summed E-state index contributed by atoms with van der Waals surface area (Å²) in [6.07, 6.45) is 0.171. The normalized spacial score (nSPS) is 12.6. The molecule has 0 heterocycles. The number of halogens is 1. The van der Waals surface area contributed by atoms with Gasteiger partial charge in [-0.05, 0) is 40.8 Å². The predicted octanol–water partition coefficient (Wildman–Crippen LogP) is 4.40. The zero-order valence-corrected chi connectivity index (χ0v) is 15.7. The summed E-state index contributed by atoms with van der Waals surface area (Å²) in [5.74, 6) is 0.169. The molecule has 2 rings (SSSR count). The number of carbonyl (C=O) groups is 1. The minimum absolute atomic E-state index is 0.0934. The minimum Gasteiger partial charge on any atom is -0.326 e. The topological polar surface area (TPSA) is 46.2 Å². The molecule has 0 saturated carbocycles. The lowest BCUT2D eigenvalue weighted by Crippen LogP contribution is -2.15. The second kappa shape index (κ2) is 8.39. The molecule has 1 atom stereocenters. The van der Waals surface area contributed by atoms with E-state index in [-0.39, 0.29) is 23.6 Å². The Labute approximate surface area is 151 Å². The molecule has 3 nitrogen and oxygen atoms in total. The maximum Gasteiger partial charge on any atom is 0.225 e. The van der Waals surface area contributed by atoms with Gasteiger partial charge in [0.15, 0.2) is 0 Å². The number of hydrogen-bond donors (Lipinski definition) is 1. The van der Waals surface area contributed by atoms with Crippen LogP contribution in [0.4, 0.5) is 10.1 Å². The summed E-state index contributed by atoms with van der Waals surface area (Å²) in [5.41, 5.74) is 2.87. The molecule has 0 bridgehead atoms. The van der Waals surface area contributed by atoms with Crippen molar-refractivity contribution in [1.29, 1.82) is 0 Å². The van der Waals surface area contributed by atoms with Gasteiger partial charge in [0, 0.05) is 34.4 Å². The van der Waals surface area contributed by atoms with E-state index < -0.39 is 10.8 Å². The zero-order chi connectivity index (χ0) is 18.4. The third kappa shape index (κ3) is 6.42. The molecule has 1 amide bonds. The third-order valence-electron chi connectivity index (χ3n) is 3.83. The van der Waals surface area contributed by atoms with E-state index in [0.717, 1.165) is 5.56 Å². The van der Waals surface area contributed by atoms with Crippen LogP contribution in [0.15, 0.2) is 48.5 Å². The van der Waals surface area contributed by atoms with Gasteiger partial charge in [-0.1, -0.05) is 45.0 Å². The Kier molecular flexibility index (Phi) is 6.48. The van der Waals surface area contributed by atoms with E-state index in [9.17, 15) is 13.4 Å². The zero-order valence-electron chi connectivity index (χ0n) is 14.8. The van der Waals surface area contributed by atoms with Crippen molar-refractivity contribution in [3.05, 3.63) is 65.5 Å². The Bertz CT molecular complexity index is 734. The summed E-state index contributed by atoms with van der Waals surface area (Å²) < 4.78 is 25.0. The first-order chi connectivity index (χ1) is 11.7. The van der Waals surface area contributed by atoms with E-state index in [0.29, 0.717) is 17.2 Å². The Morgan fingerprint density at radius 1 is 1.04 bits per heavy atom.